The molecule has 2 rings (SSSR count). The van der Waals surface area contributed by atoms with Crippen LogP contribution in [0.25, 0.3) is 11.3 Å². The van der Waals surface area contributed by atoms with Crippen molar-refractivity contribution in [2.24, 2.45) is 0 Å². The molecule has 0 saturated heterocycles. The molecule has 0 saturated carbocycles. The molecule has 0 atom stereocenters. The number of aromatic nitrogens is 2. The maximum atomic E-state index is 6.29. The number of rotatable bonds is 5. The second-order valence-corrected chi connectivity index (χ2v) is 5.03. The number of anilines is 1. The van der Waals surface area contributed by atoms with E-state index >= 15 is 0 Å². The lowest BCUT2D eigenvalue weighted by atomic mass is 10.1. The van der Waals surface area contributed by atoms with Gasteiger partial charge in [0.05, 0.1) is 0 Å². The Kier molecular flexibility index (Phi) is 4.25. The minimum atomic E-state index is 0.800. The normalized spacial score (nSPS) is 10.9. The molecule has 0 amide bonds. The summed E-state index contributed by atoms with van der Waals surface area (Å²) in [5.41, 5.74) is 9.58. The number of nitrogen functional groups attached to an aromatic ring is 1. The van der Waals surface area contributed by atoms with Crippen LogP contribution < -0.4 is 5.73 Å². The van der Waals surface area contributed by atoms with Gasteiger partial charge in [-0.2, -0.15) is 0 Å². The van der Waals surface area contributed by atoms with Crippen molar-refractivity contribution in [2.75, 3.05) is 5.73 Å². The first-order valence-corrected chi connectivity index (χ1v) is 7.09. The van der Waals surface area contributed by atoms with E-state index in [-0.39, 0.29) is 0 Å². The average Bonchev–Trinajstić information content (AvgIpc) is 2.70. The molecule has 0 aliphatic heterocycles. The molecule has 3 nitrogen and oxygen atoms in total. The number of benzene rings is 1. The van der Waals surface area contributed by atoms with Crippen molar-refractivity contribution in [3.63, 3.8) is 0 Å². The molecule has 0 aliphatic carbocycles. The van der Waals surface area contributed by atoms with Crippen molar-refractivity contribution in [3.05, 3.63) is 35.7 Å². The highest BCUT2D eigenvalue weighted by atomic mass is 15.1. The fraction of sp³-hybridized carbons (Fsp3) is 0.438. The summed E-state index contributed by atoms with van der Waals surface area (Å²) in [7, 11) is 0. The zero-order valence-electron chi connectivity index (χ0n) is 12.1. The van der Waals surface area contributed by atoms with Crippen LogP contribution in [-0.4, -0.2) is 9.55 Å². The summed E-state index contributed by atoms with van der Waals surface area (Å²) in [6.45, 7) is 7.37. The fourth-order valence-corrected chi connectivity index (χ4v) is 2.33. The van der Waals surface area contributed by atoms with Gasteiger partial charge in [-0.3, -0.25) is 0 Å². The predicted molar refractivity (Wildman–Crippen MR) is 81.1 cm³/mol. The Bertz CT molecular complexity index is 538. The van der Waals surface area contributed by atoms with Crippen LogP contribution in [0, 0.1) is 6.92 Å². The van der Waals surface area contributed by atoms with Gasteiger partial charge in [0.1, 0.15) is 17.3 Å². The number of hydrogen-bond donors (Lipinski definition) is 1. The highest BCUT2D eigenvalue weighted by molar-refractivity contribution is 5.71. The molecule has 3 heteroatoms. The monoisotopic (exact) mass is 257 g/mol. The highest BCUT2D eigenvalue weighted by Crippen LogP contribution is 2.27. The first-order valence-electron chi connectivity index (χ1n) is 7.09. The van der Waals surface area contributed by atoms with Gasteiger partial charge in [-0.1, -0.05) is 43.7 Å². The van der Waals surface area contributed by atoms with Crippen molar-refractivity contribution in [1.82, 2.24) is 9.55 Å². The van der Waals surface area contributed by atoms with Crippen LogP contribution in [0.4, 0.5) is 5.82 Å². The van der Waals surface area contributed by atoms with E-state index in [1.54, 1.807) is 0 Å². The van der Waals surface area contributed by atoms with Crippen LogP contribution in [0.1, 0.15) is 38.1 Å². The van der Waals surface area contributed by atoms with Gasteiger partial charge in [-0.25, -0.2) is 4.98 Å². The maximum Gasteiger partial charge on any atom is 0.131 e. The Morgan fingerprint density at radius 3 is 2.37 bits per heavy atom. The molecule has 1 aromatic carbocycles. The third-order valence-electron chi connectivity index (χ3n) is 3.33. The Hall–Kier alpha value is -1.77. The average molecular weight is 257 g/mol. The number of nitrogens with zero attached hydrogens (tertiary/aromatic N) is 2. The summed E-state index contributed by atoms with van der Waals surface area (Å²) in [5, 5.41) is 0. The quantitative estimate of drug-likeness (QED) is 0.885. The third-order valence-corrected chi connectivity index (χ3v) is 3.33. The molecule has 0 radical (unpaired) electrons. The molecule has 0 fully saturated rings. The zero-order chi connectivity index (χ0) is 13.8. The topological polar surface area (TPSA) is 43.8 Å². The first-order chi connectivity index (χ1) is 9.17. The van der Waals surface area contributed by atoms with Gasteiger partial charge in [0, 0.05) is 18.5 Å². The van der Waals surface area contributed by atoms with Gasteiger partial charge in [0.15, 0.2) is 0 Å². The van der Waals surface area contributed by atoms with E-state index in [0.717, 1.165) is 48.7 Å². The van der Waals surface area contributed by atoms with E-state index in [4.69, 9.17) is 10.7 Å². The van der Waals surface area contributed by atoms with Crippen LogP contribution >= 0.6 is 0 Å². The Morgan fingerprint density at radius 1 is 1.11 bits per heavy atom. The number of aryl methyl sites for hydroxylation is 2. The first kappa shape index (κ1) is 13.7. The molecular weight excluding hydrogens is 234 g/mol. The van der Waals surface area contributed by atoms with E-state index in [2.05, 4.69) is 49.6 Å². The minimum absolute atomic E-state index is 0.800. The molecule has 1 heterocycles. The smallest absolute Gasteiger partial charge is 0.131 e. The SMILES string of the molecule is CCCc1nc(-c2ccc(C)cc2)c(N)n1CCC. The van der Waals surface area contributed by atoms with Crippen molar-refractivity contribution in [1.29, 1.82) is 0 Å². The van der Waals surface area contributed by atoms with E-state index in [1.807, 2.05) is 0 Å². The van der Waals surface area contributed by atoms with Crippen LogP contribution in [0.2, 0.25) is 0 Å². The minimum Gasteiger partial charge on any atom is -0.383 e. The third kappa shape index (κ3) is 2.80. The fourth-order valence-electron chi connectivity index (χ4n) is 2.33. The zero-order valence-corrected chi connectivity index (χ0v) is 12.1. The maximum absolute atomic E-state index is 6.29. The van der Waals surface area contributed by atoms with Gasteiger partial charge >= 0.3 is 0 Å². The van der Waals surface area contributed by atoms with Crippen LogP contribution in [-0.2, 0) is 13.0 Å². The lowest BCUT2D eigenvalue weighted by Gasteiger charge is -2.07. The number of imidazole rings is 1. The summed E-state index contributed by atoms with van der Waals surface area (Å²) in [6, 6.07) is 8.40. The van der Waals surface area contributed by atoms with Gasteiger partial charge in [0.2, 0.25) is 0 Å². The molecule has 0 bridgehead atoms. The summed E-state index contributed by atoms with van der Waals surface area (Å²) in [5.74, 6) is 1.91. The van der Waals surface area contributed by atoms with E-state index in [1.165, 1.54) is 5.56 Å². The summed E-state index contributed by atoms with van der Waals surface area (Å²) >= 11 is 0. The summed E-state index contributed by atoms with van der Waals surface area (Å²) in [6.07, 6.45) is 3.15. The van der Waals surface area contributed by atoms with Crippen molar-refractivity contribution in [3.8, 4) is 11.3 Å². The van der Waals surface area contributed by atoms with Gasteiger partial charge in [-0.05, 0) is 19.8 Å². The molecule has 2 aromatic rings. The van der Waals surface area contributed by atoms with Crippen molar-refractivity contribution < 1.29 is 0 Å². The van der Waals surface area contributed by atoms with Crippen molar-refractivity contribution >= 4 is 5.82 Å². The number of nitrogens with two attached hydrogens (primary N) is 1. The van der Waals surface area contributed by atoms with E-state index < -0.39 is 0 Å². The van der Waals surface area contributed by atoms with E-state index in [9.17, 15) is 0 Å². The second-order valence-electron chi connectivity index (χ2n) is 5.03. The summed E-state index contributed by atoms with van der Waals surface area (Å²) < 4.78 is 2.17. The van der Waals surface area contributed by atoms with Crippen LogP contribution in [0.3, 0.4) is 0 Å². The van der Waals surface area contributed by atoms with E-state index in [0.29, 0.717) is 0 Å². The largest absolute Gasteiger partial charge is 0.383 e. The second kappa shape index (κ2) is 5.91. The molecule has 2 N–H and O–H groups in total. The van der Waals surface area contributed by atoms with Crippen molar-refractivity contribution in [2.45, 2.75) is 46.6 Å². The van der Waals surface area contributed by atoms with Crippen LogP contribution in [0.5, 0.6) is 0 Å². The molecular formula is C16H23N3. The Labute approximate surface area is 115 Å². The molecule has 102 valence electrons. The molecule has 0 unspecified atom stereocenters. The molecule has 0 spiro atoms. The lowest BCUT2D eigenvalue weighted by molar-refractivity contribution is 0.637. The van der Waals surface area contributed by atoms with Crippen LogP contribution in [0.15, 0.2) is 24.3 Å². The van der Waals surface area contributed by atoms with Gasteiger partial charge in [0.25, 0.3) is 0 Å². The number of hydrogen-bond acceptors (Lipinski definition) is 2. The summed E-state index contributed by atoms with van der Waals surface area (Å²) in [4.78, 5) is 4.76. The van der Waals surface area contributed by atoms with Gasteiger partial charge in [-0.15, -0.1) is 0 Å². The standard InChI is InChI=1S/C16H23N3/c1-4-6-14-18-15(16(17)19(14)11-5-2)13-9-7-12(3)8-10-13/h7-10H,4-6,11,17H2,1-3H3. The predicted octanol–water partition coefficient (Wildman–Crippen LogP) is 3.80. The Balaban J connectivity index is 2.45. The molecule has 1 aromatic heterocycles. The molecule has 0 aliphatic rings. The molecule has 19 heavy (non-hydrogen) atoms. The van der Waals surface area contributed by atoms with Gasteiger partial charge < -0.3 is 10.3 Å². The Morgan fingerprint density at radius 2 is 1.79 bits per heavy atom. The lowest BCUT2D eigenvalue weighted by Crippen LogP contribution is -2.06. The highest BCUT2D eigenvalue weighted by Gasteiger charge is 2.14.